The van der Waals surface area contributed by atoms with E-state index in [2.05, 4.69) is 31.3 Å². The van der Waals surface area contributed by atoms with Gasteiger partial charge in [-0.25, -0.2) is 0 Å². The van der Waals surface area contributed by atoms with E-state index < -0.39 is 0 Å². The molecule has 0 aromatic carbocycles. The van der Waals surface area contributed by atoms with Crippen LogP contribution in [0.25, 0.3) is 0 Å². The minimum Gasteiger partial charge on any atom is -0.310 e. The molecule has 1 unspecified atom stereocenters. The molecule has 0 bridgehead atoms. The molecule has 0 radical (unpaired) electrons. The van der Waals surface area contributed by atoms with E-state index in [4.69, 9.17) is 0 Å². The van der Waals surface area contributed by atoms with Crippen molar-refractivity contribution >= 4 is 0 Å². The summed E-state index contributed by atoms with van der Waals surface area (Å²) in [7, 11) is 0. The smallest absolute Gasteiger partial charge is 0.0139 e. The third-order valence-electron chi connectivity index (χ3n) is 3.58. The molecule has 1 fully saturated rings. The van der Waals surface area contributed by atoms with Crippen molar-refractivity contribution in [1.29, 1.82) is 0 Å². The third kappa shape index (κ3) is 1.56. The zero-order valence-electron chi connectivity index (χ0n) is 8.14. The molecule has 0 saturated heterocycles. The first kappa shape index (κ1) is 8.31. The highest BCUT2D eigenvalue weighted by atomic mass is 15.0. The van der Waals surface area contributed by atoms with Gasteiger partial charge in [0.25, 0.3) is 0 Å². The Balaban J connectivity index is 1.78. The Bertz CT molecular complexity index is 183. The monoisotopic (exact) mass is 165 g/mol. The first-order valence-electron chi connectivity index (χ1n) is 5.12. The van der Waals surface area contributed by atoms with Gasteiger partial charge in [-0.1, -0.05) is 19.1 Å². The molecule has 68 valence electrons. The van der Waals surface area contributed by atoms with Gasteiger partial charge in [-0.3, -0.25) is 0 Å². The molecule has 1 nitrogen and oxygen atoms in total. The lowest BCUT2D eigenvalue weighted by molar-refractivity contribution is 0.343. The quantitative estimate of drug-likeness (QED) is 0.633. The molecule has 1 heteroatoms. The van der Waals surface area contributed by atoms with E-state index in [-0.39, 0.29) is 0 Å². The van der Waals surface area contributed by atoms with E-state index in [1.807, 2.05) is 0 Å². The van der Waals surface area contributed by atoms with Crippen molar-refractivity contribution in [3.05, 3.63) is 12.2 Å². The Morgan fingerprint density at radius 1 is 1.33 bits per heavy atom. The Labute approximate surface area is 75.2 Å². The normalized spacial score (nSPS) is 29.2. The fourth-order valence-electron chi connectivity index (χ4n) is 1.94. The maximum atomic E-state index is 3.72. The molecule has 12 heavy (non-hydrogen) atoms. The van der Waals surface area contributed by atoms with Crippen molar-refractivity contribution in [1.82, 2.24) is 5.32 Å². The fraction of sp³-hybridized carbons (Fsp3) is 0.818. The molecule has 2 aliphatic carbocycles. The first-order valence-corrected chi connectivity index (χ1v) is 5.12. The number of hydrogen-bond acceptors (Lipinski definition) is 1. The van der Waals surface area contributed by atoms with Crippen molar-refractivity contribution in [2.24, 2.45) is 5.41 Å². The van der Waals surface area contributed by atoms with Gasteiger partial charge >= 0.3 is 0 Å². The SMILES string of the molecule is CC(NC1CC=CC1)C1(C)CC1. The van der Waals surface area contributed by atoms with Crippen LogP contribution in [0.1, 0.15) is 39.5 Å². The summed E-state index contributed by atoms with van der Waals surface area (Å²) in [6, 6.07) is 1.44. The molecule has 0 aromatic rings. The van der Waals surface area contributed by atoms with Crippen LogP contribution in [0.4, 0.5) is 0 Å². The van der Waals surface area contributed by atoms with Gasteiger partial charge in [-0.15, -0.1) is 0 Å². The summed E-state index contributed by atoms with van der Waals surface area (Å²) in [5, 5.41) is 3.72. The molecule has 0 heterocycles. The fourth-order valence-corrected chi connectivity index (χ4v) is 1.94. The number of rotatable bonds is 3. The molecule has 1 N–H and O–H groups in total. The van der Waals surface area contributed by atoms with Crippen molar-refractivity contribution in [3.63, 3.8) is 0 Å². The van der Waals surface area contributed by atoms with Gasteiger partial charge in [-0.05, 0) is 38.0 Å². The van der Waals surface area contributed by atoms with Gasteiger partial charge < -0.3 is 5.32 Å². The summed E-state index contributed by atoms with van der Waals surface area (Å²) in [6.45, 7) is 4.73. The average Bonchev–Trinajstić information content (AvgIpc) is 2.63. The van der Waals surface area contributed by atoms with Crippen molar-refractivity contribution in [3.8, 4) is 0 Å². The first-order chi connectivity index (χ1) is 5.71. The molecule has 0 aliphatic heterocycles. The lowest BCUT2D eigenvalue weighted by Gasteiger charge is -2.24. The molecule has 2 rings (SSSR count). The summed E-state index contributed by atoms with van der Waals surface area (Å²) in [6.07, 6.45) is 9.89. The van der Waals surface area contributed by atoms with Crippen LogP contribution in [0.2, 0.25) is 0 Å². The predicted molar refractivity (Wildman–Crippen MR) is 52.1 cm³/mol. The molecule has 1 atom stereocenters. The molecule has 0 aromatic heterocycles. The molecular formula is C11H19N. The van der Waals surface area contributed by atoms with Gasteiger partial charge in [0.1, 0.15) is 0 Å². The molecule has 2 aliphatic rings. The lowest BCUT2D eigenvalue weighted by atomic mass is 9.99. The van der Waals surface area contributed by atoms with Crippen LogP contribution in [0.5, 0.6) is 0 Å². The van der Waals surface area contributed by atoms with Crippen LogP contribution in [-0.4, -0.2) is 12.1 Å². The third-order valence-corrected chi connectivity index (χ3v) is 3.58. The van der Waals surface area contributed by atoms with Gasteiger partial charge in [0.2, 0.25) is 0 Å². The van der Waals surface area contributed by atoms with E-state index in [9.17, 15) is 0 Å². The highest BCUT2D eigenvalue weighted by molar-refractivity contribution is 5.02. The topological polar surface area (TPSA) is 12.0 Å². The Kier molecular flexibility index (Phi) is 1.99. The van der Waals surface area contributed by atoms with E-state index in [0.29, 0.717) is 11.5 Å². The summed E-state index contributed by atoms with van der Waals surface area (Å²) in [4.78, 5) is 0. The van der Waals surface area contributed by atoms with Crippen molar-refractivity contribution in [2.75, 3.05) is 0 Å². The summed E-state index contributed by atoms with van der Waals surface area (Å²) >= 11 is 0. The molecule has 0 spiro atoms. The Morgan fingerprint density at radius 3 is 2.42 bits per heavy atom. The number of hydrogen-bond donors (Lipinski definition) is 1. The second-order valence-corrected chi connectivity index (χ2v) is 4.68. The predicted octanol–water partition coefficient (Wildman–Crippen LogP) is 2.48. The zero-order valence-corrected chi connectivity index (χ0v) is 8.14. The standard InChI is InChI=1S/C11H19N/c1-9(11(2)7-8-11)12-10-5-3-4-6-10/h3-4,9-10,12H,5-8H2,1-2H3. The molecule has 1 saturated carbocycles. The largest absolute Gasteiger partial charge is 0.310 e. The zero-order chi connectivity index (χ0) is 8.60. The van der Waals surface area contributed by atoms with Crippen molar-refractivity contribution < 1.29 is 0 Å². The number of nitrogens with one attached hydrogen (secondary N) is 1. The van der Waals surface area contributed by atoms with E-state index in [1.165, 1.54) is 25.7 Å². The van der Waals surface area contributed by atoms with Crippen LogP contribution in [0, 0.1) is 5.41 Å². The van der Waals surface area contributed by atoms with Crippen LogP contribution in [0.3, 0.4) is 0 Å². The second kappa shape index (κ2) is 2.88. The summed E-state index contributed by atoms with van der Waals surface area (Å²) < 4.78 is 0. The Morgan fingerprint density at radius 2 is 1.92 bits per heavy atom. The van der Waals surface area contributed by atoms with E-state index in [0.717, 1.165) is 6.04 Å². The van der Waals surface area contributed by atoms with E-state index in [1.54, 1.807) is 0 Å². The lowest BCUT2D eigenvalue weighted by Crippen LogP contribution is -2.39. The van der Waals surface area contributed by atoms with Crippen LogP contribution < -0.4 is 5.32 Å². The van der Waals surface area contributed by atoms with Crippen LogP contribution in [0.15, 0.2) is 12.2 Å². The maximum Gasteiger partial charge on any atom is 0.0139 e. The maximum absolute atomic E-state index is 3.72. The van der Waals surface area contributed by atoms with Crippen LogP contribution in [-0.2, 0) is 0 Å². The Hall–Kier alpha value is -0.300. The van der Waals surface area contributed by atoms with E-state index >= 15 is 0 Å². The van der Waals surface area contributed by atoms with Gasteiger partial charge in [0.15, 0.2) is 0 Å². The summed E-state index contributed by atoms with van der Waals surface area (Å²) in [5.41, 5.74) is 0.628. The van der Waals surface area contributed by atoms with Gasteiger partial charge in [0, 0.05) is 12.1 Å². The highest BCUT2D eigenvalue weighted by Gasteiger charge is 2.42. The minimum absolute atomic E-state index is 0.628. The van der Waals surface area contributed by atoms with Gasteiger partial charge in [0.05, 0.1) is 0 Å². The van der Waals surface area contributed by atoms with Gasteiger partial charge in [-0.2, -0.15) is 0 Å². The second-order valence-electron chi connectivity index (χ2n) is 4.68. The molecular weight excluding hydrogens is 146 g/mol. The highest BCUT2D eigenvalue weighted by Crippen LogP contribution is 2.48. The molecule has 0 amide bonds. The van der Waals surface area contributed by atoms with Crippen molar-refractivity contribution in [2.45, 2.75) is 51.6 Å². The summed E-state index contributed by atoms with van der Waals surface area (Å²) in [5.74, 6) is 0. The average molecular weight is 165 g/mol. The van der Waals surface area contributed by atoms with Crippen LogP contribution >= 0.6 is 0 Å². The minimum atomic E-state index is 0.628.